The van der Waals surface area contributed by atoms with E-state index in [1.807, 2.05) is 36.4 Å². The van der Waals surface area contributed by atoms with Gasteiger partial charge in [0.2, 0.25) is 0 Å². The molecule has 1 aromatic heterocycles. The van der Waals surface area contributed by atoms with Gasteiger partial charge in [0.1, 0.15) is 0 Å². The van der Waals surface area contributed by atoms with Crippen molar-refractivity contribution < 1.29 is 19.7 Å². The topological polar surface area (TPSA) is 92.0 Å². The molecule has 0 radical (unpaired) electrons. The van der Waals surface area contributed by atoms with Gasteiger partial charge in [-0.25, -0.2) is 0 Å². The average Bonchev–Trinajstić information content (AvgIpc) is 3.07. The zero-order valence-corrected chi connectivity index (χ0v) is 21.1. The third-order valence-corrected chi connectivity index (χ3v) is 6.79. The molecule has 0 spiro atoms. The maximum atomic E-state index is 13.6. The lowest BCUT2D eigenvalue weighted by atomic mass is 9.83. The second-order valence-electron chi connectivity index (χ2n) is 8.47. The SMILES string of the molecule is COc1cccn(-c2ccc(CN3C(=O)[C@](O)([C@H](C)/C=C/CCO)c4cc(Br)ccc43)cc2)c1=O. The Morgan fingerprint density at radius 2 is 1.89 bits per heavy atom. The molecular weight excluding hydrogens is 512 g/mol. The van der Waals surface area contributed by atoms with Crippen LogP contribution in [0.1, 0.15) is 24.5 Å². The fourth-order valence-electron chi connectivity index (χ4n) is 4.37. The highest BCUT2D eigenvalue weighted by atomic mass is 79.9. The normalized spacial score (nSPS) is 18.2. The lowest BCUT2D eigenvalue weighted by molar-refractivity contribution is -0.139. The van der Waals surface area contributed by atoms with Gasteiger partial charge in [-0.15, -0.1) is 0 Å². The Labute approximate surface area is 212 Å². The fourth-order valence-corrected chi connectivity index (χ4v) is 4.73. The monoisotopic (exact) mass is 538 g/mol. The first-order valence-corrected chi connectivity index (χ1v) is 12.1. The summed E-state index contributed by atoms with van der Waals surface area (Å²) in [7, 11) is 1.46. The maximum Gasteiger partial charge on any atom is 0.297 e. The van der Waals surface area contributed by atoms with Crippen molar-refractivity contribution in [3.05, 3.63) is 98.9 Å². The van der Waals surface area contributed by atoms with E-state index in [4.69, 9.17) is 9.84 Å². The Kier molecular flexibility index (Phi) is 7.25. The summed E-state index contributed by atoms with van der Waals surface area (Å²) in [6.07, 6.45) is 5.66. The molecule has 0 fully saturated rings. The molecule has 2 aromatic carbocycles. The Balaban J connectivity index is 1.65. The minimum absolute atomic E-state index is 0.00172. The standard InChI is InChI=1S/C27H27BrN2O5/c1-18(6-3-4-15-31)27(34)22-16-20(28)10-13-23(22)30(26(27)33)17-19-8-11-21(12-9-19)29-14-5-7-24(35-2)25(29)32/h3,5-14,16,18,31,34H,4,15,17H2,1-2H3/b6-3+/t18-,27+/m1/s1. The van der Waals surface area contributed by atoms with Gasteiger partial charge in [-0.2, -0.15) is 0 Å². The molecule has 2 N–H and O–H groups in total. The van der Waals surface area contributed by atoms with Crippen LogP contribution in [-0.4, -0.2) is 34.4 Å². The second kappa shape index (κ2) is 10.2. The van der Waals surface area contributed by atoms with E-state index in [0.717, 1.165) is 10.0 Å². The van der Waals surface area contributed by atoms with E-state index >= 15 is 0 Å². The smallest absolute Gasteiger partial charge is 0.297 e. The van der Waals surface area contributed by atoms with Crippen LogP contribution in [0.5, 0.6) is 5.75 Å². The van der Waals surface area contributed by atoms with Gasteiger partial charge in [0.25, 0.3) is 11.5 Å². The average molecular weight is 539 g/mol. The lowest BCUT2D eigenvalue weighted by Crippen LogP contribution is -2.44. The molecule has 0 unspecified atom stereocenters. The number of hydrogen-bond acceptors (Lipinski definition) is 5. The molecule has 0 bridgehead atoms. The molecule has 0 saturated heterocycles. The molecular formula is C27H27BrN2O5. The number of nitrogens with zero attached hydrogens (tertiary/aromatic N) is 2. The van der Waals surface area contributed by atoms with Crippen LogP contribution in [0, 0.1) is 5.92 Å². The highest BCUT2D eigenvalue weighted by Crippen LogP contribution is 2.46. The number of amides is 1. The van der Waals surface area contributed by atoms with Gasteiger partial charge in [-0.05, 0) is 54.4 Å². The van der Waals surface area contributed by atoms with E-state index in [0.29, 0.717) is 23.4 Å². The zero-order chi connectivity index (χ0) is 25.2. The number of pyridine rings is 1. The summed E-state index contributed by atoms with van der Waals surface area (Å²) in [4.78, 5) is 27.7. The van der Waals surface area contributed by atoms with E-state index in [2.05, 4.69) is 15.9 Å². The molecule has 2 atom stereocenters. The molecule has 7 nitrogen and oxygen atoms in total. The van der Waals surface area contributed by atoms with Gasteiger partial charge in [0.15, 0.2) is 11.4 Å². The zero-order valence-electron chi connectivity index (χ0n) is 19.5. The minimum Gasteiger partial charge on any atom is -0.491 e. The molecule has 4 rings (SSSR count). The molecule has 3 aromatic rings. The molecule has 0 aliphatic carbocycles. The second-order valence-corrected chi connectivity index (χ2v) is 9.38. The summed E-state index contributed by atoms with van der Waals surface area (Å²) >= 11 is 3.45. The van der Waals surface area contributed by atoms with Crippen molar-refractivity contribution in [2.45, 2.75) is 25.5 Å². The van der Waals surface area contributed by atoms with Crippen molar-refractivity contribution in [3.63, 3.8) is 0 Å². The number of aliphatic hydroxyl groups is 2. The van der Waals surface area contributed by atoms with Gasteiger partial charge in [0.05, 0.1) is 19.3 Å². The van der Waals surface area contributed by atoms with Crippen LogP contribution in [0.2, 0.25) is 0 Å². The number of rotatable bonds is 8. The van der Waals surface area contributed by atoms with Crippen LogP contribution in [0.25, 0.3) is 5.69 Å². The van der Waals surface area contributed by atoms with Crippen molar-refractivity contribution in [1.82, 2.24) is 4.57 Å². The van der Waals surface area contributed by atoms with E-state index in [-0.39, 0.29) is 24.5 Å². The summed E-state index contributed by atoms with van der Waals surface area (Å²) in [5.41, 5.74) is 0.728. The minimum atomic E-state index is -1.72. The predicted molar refractivity (Wildman–Crippen MR) is 138 cm³/mol. The molecule has 1 aliphatic rings. The third-order valence-electron chi connectivity index (χ3n) is 6.30. The number of anilines is 1. The number of ether oxygens (including phenoxy) is 1. The summed E-state index contributed by atoms with van der Waals surface area (Å²) in [5.74, 6) is -0.648. The number of methoxy groups -OCH3 is 1. The Morgan fingerprint density at radius 3 is 2.57 bits per heavy atom. The highest BCUT2D eigenvalue weighted by Gasteiger charge is 2.52. The van der Waals surface area contributed by atoms with Crippen LogP contribution in [0.4, 0.5) is 5.69 Å². The number of aliphatic hydroxyl groups excluding tert-OH is 1. The number of carbonyl (C=O) groups is 1. The van der Waals surface area contributed by atoms with Gasteiger partial charge in [-0.1, -0.05) is 47.1 Å². The molecule has 1 amide bonds. The Bertz CT molecular complexity index is 1320. The summed E-state index contributed by atoms with van der Waals surface area (Å²) in [5, 5.41) is 20.7. The molecule has 1 aliphatic heterocycles. The highest BCUT2D eigenvalue weighted by molar-refractivity contribution is 9.10. The van der Waals surface area contributed by atoms with Gasteiger partial charge < -0.3 is 19.8 Å². The predicted octanol–water partition coefficient (Wildman–Crippen LogP) is 3.92. The third kappa shape index (κ3) is 4.57. The van der Waals surface area contributed by atoms with E-state index in [9.17, 15) is 14.7 Å². The van der Waals surface area contributed by atoms with Gasteiger partial charge in [-0.3, -0.25) is 14.2 Å². The summed E-state index contributed by atoms with van der Waals surface area (Å²) in [6.45, 7) is 2.05. The number of benzene rings is 2. The van der Waals surface area contributed by atoms with Crippen LogP contribution in [-0.2, 0) is 16.9 Å². The van der Waals surface area contributed by atoms with Crippen LogP contribution in [0.15, 0.2) is 82.2 Å². The van der Waals surface area contributed by atoms with Crippen LogP contribution < -0.4 is 15.2 Å². The summed E-state index contributed by atoms with van der Waals surface area (Å²) < 4.78 is 7.38. The molecule has 8 heteroatoms. The first kappa shape index (κ1) is 24.9. The lowest BCUT2D eigenvalue weighted by Gasteiger charge is -2.27. The fraction of sp³-hybridized carbons (Fsp3) is 0.259. The molecule has 0 saturated carbocycles. The van der Waals surface area contributed by atoms with E-state index in [1.165, 1.54) is 11.7 Å². The van der Waals surface area contributed by atoms with Crippen molar-refractivity contribution in [3.8, 4) is 11.4 Å². The quantitative estimate of drug-likeness (QED) is 0.424. The van der Waals surface area contributed by atoms with Crippen LogP contribution >= 0.6 is 15.9 Å². The van der Waals surface area contributed by atoms with Crippen molar-refractivity contribution in [2.24, 2.45) is 5.92 Å². The molecule has 35 heavy (non-hydrogen) atoms. The van der Waals surface area contributed by atoms with Crippen LogP contribution in [0.3, 0.4) is 0 Å². The first-order chi connectivity index (χ1) is 16.8. The Hall–Kier alpha value is -3.20. The largest absolute Gasteiger partial charge is 0.491 e. The number of aromatic nitrogens is 1. The first-order valence-electron chi connectivity index (χ1n) is 11.3. The number of fused-ring (bicyclic) bond motifs is 1. The van der Waals surface area contributed by atoms with E-state index in [1.54, 1.807) is 48.4 Å². The van der Waals surface area contributed by atoms with Gasteiger partial charge in [0, 0.05) is 34.4 Å². The van der Waals surface area contributed by atoms with Crippen molar-refractivity contribution >= 4 is 27.5 Å². The van der Waals surface area contributed by atoms with E-state index < -0.39 is 17.4 Å². The number of halogens is 1. The summed E-state index contributed by atoms with van der Waals surface area (Å²) in [6, 6.07) is 16.1. The van der Waals surface area contributed by atoms with Gasteiger partial charge >= 0.3 is 0 Å². The molecule has 2 heterocycles. The number of carbonyl (C=O) groups excluding carboxylic acids is 1. The van der Waals surface area contributed by atoms with Crippen molar-refractivity contribution in [2.75, 3.05) is 18.6 Å². The number of hydrogen-bond donors (Lipinski definition) is 2. The molecule has 182 valence electrons. The Morgan fingerprint density at radius 1 is 1.14 bits per heavy atom. The maximum absolute atomic E-state index is 13.6. The van der Waals surface area contributed by atoms with Crippen molar-refractivity contribution in [1.29, 1.82) is 0 Å².